The lowest BCUT2D eigenvalue weighted by atomic mass is 10.0. The fourth-order valence-electron chi connectivity index (χ4n) is 3.48. The average Bonchev–Trinajstić information content (AvgIpc) is 2.98. The van der Waals surface area contributed by atoms with Crippen LogP contribution in [0, 0.1) is 0 Å². The van der Waals surface area contributed by atoms with E-state index in [4.69, 9.17) is 0 Å². The van der Waals surface area contributed by atoms with Gasteiger partial charge < -0.3 is 4.90 Å². The van der Waals surface area contributed by atoms with Crippen LogP contribution >= 0.6 is 0 Å². The first-order valence-electron chi connectivity index (χ1n) is 8.32. The van der Waals surface area contributed by atoms with Crippen LogP contribution in [0.15, 0.2) is 47.2 Å². The predicted octanol–water partition coefficient (Wildman–Crippen LogP) is 4.74. The zero-order valence-corrected chi connectivity index (χ0v) is 13.4. The largest absolute Gasteiger partial charge is 0.454 e. The maximum atomic E-state index is 13.0. The molecule has 0 radical (unpaired) electrons. The zero-order valence-electron chi connectivity index (χ0n) is 13.4. The Labute approximate surface area is 139 Å². The molecular formula is C19H20F3NO. The van der Waals surface area contributed by atoms with Gasteiger partial charge in [0.1, 0.15) is 0 Å². The monoisotopic (exact) mass is 335 g/mol. The van der Waals surface area contributed by atoms with Crippen molar-refractivity contribution in [1.29, 1.82) is 0 Å². The maximum Gasteiger partial charge on any atom is 0.454 e. The summed E-state index contributed by atoms with van der Waals surface area (Å²) in [5.74, 6) is -1.68. The van der Waals surface area contributed by atoms with Crippen LogP contribution in [-0.4, -0.2) is 29.9 Å². The molecule has 0 saturated carbocycles. The van der Waals surface area contributed by atoms with Crippen molar-refractivity contribution in [2.45, 2.75) is 38.3 Å². The Kier molecular flexibility index (Phi) is 4.78. The number of nitrogens with zero attached hydrogens (tertiary/aromatic N) is 1. The second-order valence-electron chi connectivity index (χ2n) is 6.28. The second kappa shape index (κ2) is 6.83. The summed E-state index contributed by atoms with van der Waals surface area (Å²) in [5, 5.41) is 0. The highest BCUT2D eigenvalue weighted by molar-refractivity contribution is 6.01. The Hall–Kier alpha value is -2.04. The number of rotatable bonds is 3. The number of ketones is 1. The fraction of sp³-hybridized carbons (Fsp3) is 0.421. The molecule has 0 bridgehead atoms. The summed E-state index contributed by atoms with van der Waals surface area (Å²) in [6.45, 7) is 1.44. The molecule has 1 aliphatic carbocycles. The topological polar surface area (TPSA) is 20.3 Å². The molecule has 1 aromatic carbocycles. The molecule has 1 heterocycles. The molecule has 0 N–H and O–H groups in total. The Morgan fingerprint density at radius 3 is 2.29 bits per heavy atom. The van der Waals surface area contributed by atoms with Gasteiger partial charge >= 0.3 is 6.18 Å². The smallest absolute Gasteiger partial charge is 0.371 e. The Morgan fingerprint density at radius 2 is 1.67 bits per heavy atom. The number of piperidine rings is 1. The summed E-state index contributed by atoms with van der Waals surface area (Å²) in [6, 6.07) is 9.53. The number of Topliss-reactive ketones (excluding diaryl/α,β-unsaturated/α-hetero) is 1. The molecule has 2 nitrogen and oxygen atoms in total. The van der Waals surface area contributed by atoms with Gasteiger partial charge in [0.15, 0.2) is 0 Å². The van der Waals surface area contributed by atoms with Gasteiger partial charge in [-0.2, -0.15) is 13.2 Å². The van der Waals surface area contributed by atoms with Crippen molar-refractivity contribution in [1.82, 2.24) is 4.90 Å². The number of allylic oxidation sites excluding steroid dienone is 2. The van der Waals surface area contributed by atoms with Crippen molar-refractivity contribution >= 4 is 11.9 Å². The average molecular weight is 335 g/mol. The molecule has 0 spiro atoms. The lowest BCUT2D eigenvalue weighted by Crippen LogP contribution is -2.32. The molecule has 128 valence electrons. The van der Waals surface area contributed by atoms with Gasteiger partial charge in [0.25, 0.3) is 5.78 Å². The Morgan fingerprint density at radius 1 is 1.00 bits per heavy atom. The minimum atomic E-state index is -4.81. The number of halogens is 3. The van der Waals surface area contributed by atoms with E-state index < -0.39 is 12.0 Å². The highest BCUT2D eigenvalue weighted by atomic mass is 19.4. The van der Waals surface area contributed by atoms with Gasteiger partial charge in [-0.3, -0.25) is 4.79 Å². The van der Waals surface area contributed by atoms with Gasteiger partial charge in [0, 0.05) is 24.4 Å². The van der Waals surface area contributed by atoms with Crippen LogP contribution in [0.5, 0.6) is 0 Å². The number of alkyl halides is 3. The molecule has 0 amide bonds. The van der Waals surface area contributed by atoms with E-state index in [-0.39, 0.29) is 12.0 Å². The van der Waals surface area contributed by atoms with Gasteiger partial charge in [0.05, 0.1) is 0 Å². The van der Waals surface area contributed by atoms with E-state index >= 15 is 0 Å². The summed E-state index contributed by atoms with van der Waals surface area (Å²) < 4.78 is 38.9. The molecular weight excluding hydrogens is 315 g/mol. The van der Waals surface area contributed by atoms with Crippen LogP contribution in [0.25, 0.3) is 6.08 Å². The van der Waals surface area contributed by atoms with E-state index in [9.17, 15) is 18.0 Å². The van der Waals surface area contributed by atoms with Gasteiger partial charge in [-0.1, -0.05) is 30.3 Å². The lowest BCUT2D eigenvalue weighted by Gasteiger charge is -2.31. The van der Waals surface area contributed by atoms with Crippen LogP contribution in [0.1, 0.15) is 37.7 Å². The van der Waals surface area contributed by atoms with E-state index in [2.05, 4.69) is 0 Å². The summed E-state index contributed by atoms with van der Waals surface area (Å²) in [6.07, 6.45) is 0.759. The van der Waals surface area contributed by atoms with Crippen LogP contribution in [-0.2, 0) is 4.79 Å². The van der Waals surface area contributed by atoms with Crippen molar-refractivity contribution in [3.05, 3.63) is 52.7 Å². The van der Waals surface area contributed by atoms with Crippen LogP contribution in [0.2, 0.25) is 0 Å². The van der Waals surface area contributed by atoms with E-state index in [0.717, 1.165) is 43.5 Å². The lowest BCUT2D eigenvalue weighted by molar-refractivity contribution is -0.166. The number of likely N-dealkylation sites (tertiary alicyclic amines) is 1. The summed E-state index contributed by atoms with van der Waals surface area (Å²) in [7, 11) is 0. The molecule has 0 unspecified atom stereocenters. The molecule has 0 atom stereocenters. The first kappa shape index (κ1) is 16.8. The molecule has 1 aromatic rings. The third-order valence-electron chi connectivity index (χ3n) is 4.58. The first-order valence-corrected chi connectivity index (χ1v) is 8.32. The van der Waals surface area contributed by atoms with Gasteiger partial charge in [-0.15, -0.1) is 0 Å². The van der Waals surface area contributed by atoms with Crippen LogP contribution in [0.4, 0.5) is 13.2 Å². The summed E-state index contributed by atoms with van der Waals surface area (Å²) >= 11 is 0. The van der Waals surface area contributed by atoms with Crippen molar-refractivity contribution < 1.29 is 18.0 Å². The number of carbonyl (C=O) groups is 1. The van der Waals surface area contributed by atoms with Crippen LogP contribution in [0.3, 0.4) is 0 Å². The number of hydrogen-bond acceptors (Lipinski definition) is 2. The van der Waals surface area contributed by atoms with E-state index in [0.29, 0.717) is 12.1 Å². The molecule has 1 saturated heterocycles. The quantitative estimate of drug-likeness (QED) is 0.795. The number of benzene rings is 1. The molecule has 0 aromatic heterocycles. The predicted molar refractivity (Wildman–Crippen MR) is 87.2 cm³/mol. The van der Waals surface area contributed by atoms with E-state index in [1.807, 2.05) is 41.3 Å². The van der Waals surface area contributed by atoms with E-state index in [1.54, 1.807) is 0 Å². The minimum absolute atomic E-state index is 0.0634. The second-order valence-corrected chi connectivity index (χ2v) is 6.28. The highest BCUT2D eigenvalue weighted by Gasteiger charge is 2.44. The van der Waals surface area contributed by atoms with Crippen molar-refractivity contribution in [2.24, 2.45) is 0 Å². The van der Waals surface area contributed by atoms with Crippen molar-refractivity contribution in [2.75, 3.05) is 13.1 Å². The van der Waals surface area contributed by atoms with Crippen molar-refractivity contribution in [3.8, 4) is 0 Å². The summed E-state index contributed by atoms with van der Waals surface area (Å²) in [5.41, 5.74) is 2.26. The fourth-order valence-corrected chi connectivity index (χ4v) is 3.48. The maximum absolute atomic E-state index is 13.0. The van der Waals surface area contributed by atoms with E-state index in [1.165, 1.54) is 0 Å². The molecule has 1 fully saturated rings. The molecule has 5 heteroatoms. The van der Waals surface area contributed by atoms with Gasteiger partial charge in [0.2, 0.25) is 0 Å². The highest BCUT2D eigenvalue weighted by Crippen LogP contribution is 2.39. The molecule has 1 aliphatic heterocycles. The Bertz CT molecular complexity index is 668. The Balaban J connectivity index is 2.02. The standard InChI is InChI=1S/C19H20F3NO/c20-19(21,22)18(24)16-10-9-15(13-14-7-3-1-4-8-14)17(16)23-11-5-2-6-12-23/h1,3-4,7-8,13H,2,5-6,9-12H2/b15-13+. The zero-order chi connectivity index (χ0) is 17.2. The minimum Gasteiger partial charge on any atom is -0.371 e. The summed E-state index contributed by atoms with van der Waals surface area (Å²) in [4.78, 5) is 13.9. The first-order chi connectivity index (χ1) is 11.5. The number of hydrogen-bond donors (Lipinski definition) is 0. The number of carbonyl (C=O) groups excluding carboxylic acids is 1. The SMILES string of the molecule is O=C(C1=C(N2CCCCC2)/C(=C/c2ccccc2)CC1)C(F)(F)F. The van der Waals surface area contributed by atoms with Crippen molar-refractivity contribution in [3.63, 3.8) is 0 Å². The van der Waals surface area contributed by atoms with Gasteiger partial charge in [-0.05, 0) is 49.3 Å². The molecule has 3 rings (SSSR count). The third-order valence-corrected chi connectivity index (χ3v) is 4.58. The molecule has 2 aliphatic rings. The van der Waals surface area contributed by atoms with Gasteiger partial charge in [-0.25, -0.2) is 0 Å². The molecule has 24 heavy (non-hydrogen) atoms. The van der Waals surface area contributed by atoms with Crippen LogP contribution < -0.4 is 0 Å². The normalized spacial score (nSPS) is 20.8. The third kappa shape index (κ3) is 3.55.